The first-order chi connectivity index (χ1) is 14.7. The Morgan fingerprint density at radius 2 is 1.90 bits per heavy atom. The third-order valence-electron chi connectivity index (χ3n) is 4.65. The van der Waals surface area contributed by atoms with Gasteiger partial charge in [-0.1, -0.05) is 23.4 Å². The first kappa shape index (κ1) is 17.8. The third kappa shape index (κ3) is 3.33. The van der Waals surface area contributed by atoms with Crippen molar-refractivity contribution in [1.82, 2.24) is 15.1 Å². The van der Waals surface area contributed by atoms with Crippen LogP contribution in [0.1, 0.15) is 16.1 Å². The third-order valence-corrected chi connectivity index (χ3v) is 4.65. The number of hydrogen-bond acceptors (Lipinski definition) is 6. The molecule has 0 saturated heterocycles. The van der Waals surface area contributed by atoms with Crippen LogP contribution < -0.4 is 5.32 Å². The minimum atomic E-state index is -0.236. The van der Waals surface area contributed by atoms with E-state index in [0.717, 1.165) is 11.3 Å². The zero-order valence-electron chi connectivity index (χ0n) is 16.0. The quantitative estimate of drug-likeness (QED) is 0.454. The number of fused-ring (bicyclic) bond motifs is 1. The highest BCUT2D eigenvalue weighted by atomic mass is 16.5. The summed E-state index contributed by atoms with van der Waals surface area (Å²) in [5, 5.41) is 7.69. The summed E-state index contributed by atoms with van der Waals surface area (Å²) in [6, 6.07) is 18.3. The van der Waals surface area contributed by atoms with Gasteiger partial charge in [-0.25, -0.2) is 4.98 Å². The second-order valence-electron chi connectivity index (χ2n) is 6.79. The molecule has 0 radical (unpaired) electrons. The van der Waals surface area contributed by atoms with E-state index in [9.17, 15) is 4.79 Å². The second-order valence-corrected chi connectivity index (χ2v) is 6.79. The highest BCUT2D eigenvalue weighted by Gasteiger charge is 2.17. The molecule has 7 nitrogen and oxygen atoms in total. The van der Waals surface area contributed by atoms with Crippen LogP contribution in [0.5, 0.6) is 0 Å². The van der Waals surface area contributed by atoms with Crippen molar-refractivity contribution >= 4 is 22.6 Å². The number of carbonyl (C=O) groups is 1. The van der Waals surface area contributed by atoms with E-state index in [2.05, 4.69) is 20.4 Å². The van der Waals surface area contributed by atoms with E-state index < -0.39 is 0 Å². The maximum atomic E-state index is 12.7. The van der Waals surface area contributed by atoms with Crippen LogP contribution >= 0.6 is 0 Å². The summed E-state index contributed by atoms with van der Waals surface area (Å²) in [7, 11) is 0. The van der Waals surface area contributed by atoms with Gasteiger partial charge in [0, 0.05) is 28.7 Å². The molecule has 5 rings (SSSR count). The van der Waals surface area contributed by atoms with Gasteiger partial charge in [0.15, 0.2) is 5.58 Å². The molecule has 0 bridgehead atoms. The molecule has 0 saturated carbocycles. The summed E-state index contributed by atoms with van der Waals surface area (Å²) in [6.45, 7) is 1.87. The lowest BCUT2D eigenvalue weighted by atomic mass is 10.1. The van der Waals surface area contributed by atoms with Crippen molar-refractivity contribution in [3.8, 4) is 22.8 Å². The Kier molecular flexibility index (Phi) is 4.33. The fraction of sp³-hybridized carbons (Fsp3) is 0.0435. The van der Waals surface area contributed by atoms with Gasteiger partial charge in [0.1, 0.15) is 17.7 Å². The Bertz CT molecular complexity index is 1360. The molecule has 3 heterocycles. The Morgan fingerprint density at radius 1 is 1.03 bits per heavy atom. The van der Waals surface area contributed by atoms with Crippen LogP contribution in [0.25, 0.3) is 33.8 Å². The van der Waals surface area contributed by atoms with E-state index in [4.69, 9.17) is 8.94 Å². The molecule has 0 fully saturated rings. The Labute approximate surface area is 171 Å². The first-order valence-corrected chi connectivity index (χ1v) is 9.32. The average molecular weight is 396 g/mol. The smallest absolute Gasteiger partial charge is 0.255 e. The molecule has 1 amide bonds. The van der Waals surface area contributed by atoms with Crippen molar-refractivity contribution in [3.63, 3.8) is 0 Å². The van der Waals surface area contributed by atoms with Crippen LogP contribution in [0.15, 0.2) is 82.1 Å². The number of benzene rings is 2. The van der Waals surface area contributed by atoms with Crippen LogP contribution in [0.2, 0.25) is 0 Å². The molecule has 7 heteroatoms. The summed E-state index contributed by atoms with van der Waals surface area (Å²) in [4.78, 5) is 21.4. The van der Waals surface area contributed by atoms with Gasteiger partial charge in [0.05, 0.1) is 5.39 Å². The molecule has 0 aliphatic rings. The summed E-state index contributed by atoms with van der Waals surface area (Å²) in [6.07, 6.45) is 3.19. The van der Waals surface area contributed by atoms with Crippen LogP contribution in [0, 0.1) is 6.92 Å². The van der Waals surface area contributed by atoms with Gasteiger partial charge in [-0.15, -0.1) is 0 Å². The van der Waals surface area contributed by atoms with E-state index >= 15 is 0 Å². The lowest BCUT2D eigenvalue weighted by Crippen LogP contribution is -2.11. The van der Waals surface area contributed by atoms with Gasteiger partial charge in [0.2, 0.25) is 5.89 Å². The molecule has 0 aliphatic heterocycles. The topological polar surface area (TPSA) is 94.1 Å². The summed E-state index contributed by atoms with van der Waals surface area (Å²) < 4.78 is 11.0. The molecule has 5 aromatic rings. The molecule has 0 aliphatic carbocycles. The summed E-state index contributed by atoms with van der Waals surface area (Å²) >= 11 is 0. The Balaban J connectivity index is 1.48. The SMILES string of the molecule is Cc1cc(NC(=O)c2ccc3onc(-c4coc(-c5ccccc5)n4)c3c2)ccn1. The molecule has 0 atom stereocenters. The van der Waals surface area contributed by atoms with Gasteiger partial charge < -0.3 is 14.3 Å². The molecule has 1 N–H and O–H groups in total. The lowest BCUT2D eigenvalue weighted by molar-refractivity contribution is 0.102. The fourth-order valence-electron chi connectivity index (χ4n) is 3.19. The Morgan fingerprint density at radius 3 is 2.73 bits per heavy atom. The number of nitrogens with one attached hydrogen (secondary N) is 1. The molecular formula is C23H16N4O3. The largest absolute Gasteiger partial charge is 0.444 e. The highest BCUT2D eigenvalue weighted by molar-refractivity contribution is 6.07. The minimum Gasteiger partial charge on any atom is -0.444 e. The maximum Gasteiger partial charge on any atom is 0.255 e. The molecule has 30 heavy (non-hydrogen) atoms. The van der Waals surface area contributed by atoms with Crippen molar-refractivity contribution < 1.29 is 13.7 Å². The number of aryl methyl sites for hydroxylation is 1. The number of aromatic nitrogens is 3. The van der Waals surface area contributed by atoms with Crippen LogP contribution in [0.3, 0.4) is 0 Å². The number of hydrogen-bond donors (Lipinski definition) is 1. The second kappa shape index (κ2) is 7.29. The standard InChI is InChI=1S/C23H16N4O3/c1-14-11-17(9-10-24-14)25-22(28)16-7-8-20-18(12-16)21(27-30-20)19-13-29-23(26-19)15-5-3-2-4-6-15/h2-13H,1H3,(H,24,25,28). The molecular weight excluding hydrogens is 380 g/mol. The van der Waals surface area contributed by atoms with Gasteiger partial charge in [0.25, 0.3) is 5.91 Å². The molecule has 2 aromatic carbocycles. The summed E-state index contributed by atoms with van der Waals surface area (Å²) in [5.74, 6) is 0.253. The fourth-order valence-corrected chi connectivity index (χ4v) is 3.19. The van der Waals surface area contributed by atoms with Gasteiger partial charge in [-0.2, -0.15) is 0 Å². The number of nitrogens with zero attached hydrogens (tertiary/aromatic N) is 3. The number of anilines is 1. The molecule has 146 valence electrons. The van der Waals surface area contributed by atoms with Gasteiger partial charge in [-0.05, 0) is 49.4 Å². The van der Waals surface area contributed by atoms with Crippen LogP contribution in [-0.4, -0.2) is 21.0 Å². The van der Waals surface area contributed by atoms with Crippen LogP contribution in [0.4, 0.5) is 5.69 Å². The number of oxazole rings is 1. The number of amides is 1. The summed E-state index contributed by atoms with van der Waals surface area (Å²) in [5.41, 5.74) is 4.47. The predicted octanol–water partition coefficient (Wildman–Crippen LogP) is 5.11. The zero-order valence-corrected chi connectivity index (χ0v) is 16.0. The Hall–Kier alpha value is -4.26. The number of carbonyl (C=O) groups excluding carboxylic acids is 1. The van der Waals surface area contributed by atoms with E-state index in [-0.39, 0.29) is 5.91 Å². The molecule has 0 unspecified atom stereocenters. The van der Waals surface area contributed by atoms with Gasteiger partial charge in [-0.3, -0.25) is 9.78 Å². The van der Waals surface area contributed by atoms with Gasteiger partial charge >= 0.3 is 0 Å². The maximum absolute atomic E-state index is 12.7. The lowest BCUT2D eigenvalue weighted by Gasteiger charge is -2.05. The molecule has 0 spiro atoms. The van der Waals surface area contributed by atoms with Crippen LogP contribution in [-0.2, 0) is 0 Å². The first-order valence-electron chi connectivity index (χ1n) is 9.32. The average Bonchev–Trinajstić information content (AvgIpc) is 3.41. The van der Waals surface area contributed by atoms with E-state index in [0.29, 0.717) is 39.5 Å². The van der Waals surface area contributed by atoms with Crippen molar-refractivity contribution in [2.24, 2.45) is 0 Å². The number of pyridine rings is 1. The normalized spacial score (nSPS) is 11.0. The van der Waals surface area contributed by atoms with Crippen molar-refractivity contribution in [3.05, 3.63) is 84.4 Å². The van der Waals surface area contributed by atoms with Crippen molar-refractivity contribution in [1.29, 1.82) is 0 Å². The van der Waals surface area contributed by atoms with Crippen molar-refractivity contribution in [2.75, 3.05) is 5.32 Å². The van der Waals surface area contributed by atoms with Crippen molar-refractivity contribution in [2.45, 2.75) is 6.92 Å². The van der Waals surface area contributed by atoms with E-state index in [1.165, 1.54) is 6.26 Å². The minimum absolute atomic E-state index is 0.236. The zero-order chi connectivity index (χ0) is 20.5. The van der Waals surface area contributed by atoms with E-state index in [1.54, 1.807) is 30.5 Å². The van der Waals surface area contributed by atoms with E-state index in [1.807, 2.05) is 43.3 Å². The molecule has 3 aromatic heterocycles. The highest BCUT2D eigenvalue weighted by Crippen LogP contribution is 2.30. The monoisotopic (exact) mass is 396 g/mol. The number of rotatable bonds is 4. The predicted molar refractivity (Wildman–Crippen MR) is 112 cm³/mol.